The van der Waals surface area contributed by atoms with Gasteiger partial charge >= 0.3 is 0 Å². The van der Waals surface area contributed by atoms with E-state index >= 15 is 0 Å². The van der Waals surface area contributed by atoms with Crippen LogP contribution in [-0.4, -0.2) is 56.1 Å². The summed E-state index contributed by atoms with van der Waals surface area (Å²) in [6.07, 6.45) is 2.35. The molecule has 0 amide bonds. The molecule has 2 N–H and O–H groups in total. The summed E-state index contributed by atoms with van der Waals surface area (Å²) >= 11 is 6.57. The summed E-state index contributed by atoms with van der Waals surface area (Å²) < 4.78 is 10.7. The molecule has 1 atom stereocenters. The zero-order chi connectivity index (χ0) is 24.6. The van der Waals surface area contributed by atoms with Crippen LogP contribution in [0.5, 0.6) is 17.2 Å². The standard InChI is InChI=1S/C28H34ClNO4/c1-30(18-15-21-13-14-26(33-2)27(19-21)34-3)17-8-16-28(20-31,22-9-4-6-11-24(22)29)23-10-5-7-12-25(23)32/h4-7,9-14,19,31-32H,8,15-18,20H2,1-3H3. The van der Waals surface area contributed by atoms with E-state index in [1.165, 1.54) is 5.56 Å². The van der Waals surface area contributed by atoms with Crippen molar-refractivity contribution in [2.24, 2.45) is 0 Å². The molecule has 3 aromatic rings. The summed E-state index contributed by atoms with van der Waals surface area (Å²) in [5.41, 5.74) is 1.92. The van der Waals surface area contributed by atoms with Crippen LogP contribution in [0.15, 0.2) is 66.7 Å². The van der Waals surface area contributed by atoms with Crippen LogP contribution in [0.3, 0.4) is 0 Å². The van der Waals surface area contributed by atoms with Crippen molar-refractivity contribution < 1.29 is 19.7 Å². The van der Waals surface area contributed by atoms with E-state index in [4.69, 9.17) is 21.1 Å². The van der Waals surface area contributed by atoms with E-state index in [0.717, 1.165) is 43.0 Å². The second-order valence-electron chi connectivity index (χ2n) is 8.58. The van der Waals surface area contributed by atoms with Crippen molar-refractivity contribution >= 4 is 11.6 Å². The third-order valence-electron chi connectivity index (χ3n) is 6.45. The van der Waals surface area contributed by atoms with Crippen molar-refractivity contribution in [1.82, 2.24) is 4.90 Å². The maximum absolute atomic E-state index is 10.6. The van der Waals surface area contributed by atoms with Crippen molar-refractivity contribution in [1.29, 1.82) is 0 Å². The summed E-state index contributed by atoms with van der Waals surface area (Å²) in [6.45, 7) is 1.57. The lowest BCUT2D eigenvalue weighted by Crippen LogP contribution is -2.34. The van der Waals surface area contributed by atoms with Crippen molar-refractivity contribution in [2.75, 3.05) is 41.0 Å². The molecule has 0 heterocycles. The molecule has 0 aliphatic carbocycles. The second kappa shape index (κ2) is 12.1. The van der Waals surface area contributed by atoms with Gasteiger partial charge in [-0.2, -0.15) is 0 Å². The van der Waals surface area contributed by atoms with Gasteiger partial charge in [0, 0.05) is 22.5 Å². The number of benzene rings is 3. The zero-order valence-corrected chi connectivity index (χ0v) is 20.9. The fraction of sp³-hybridized carbons (Fsp3) is 0.357. The summed E-state index contributed by atoms with van der Waals surface area (Å²) in [5, 5.41) is 21.9. The third kappa shape index (κ3) is 5.84. The highest BCUT2D eigenvalue weighted by atomic mass is 35.5. The monoisotopic (exact) mass is 483 g/mol. The number of halogens is 1. The molecule has 3 aromatic carbocycles. The van der Waals surface area contributed by atoms with E-state index in [1.807, 2.05) is 48.5 Å². The van der Waals surface area contributed by atoms with Crippen LogP contribution < -0.4 is 9.47 Å². The molecule has 0 saturated carbocycles. The van der Waals surface area contributed by atoms with Crippen LogP contribution in [0.4, 0.5) is 0 Å². The molecule has 0 aliphatic rings. The first-order chi connectivity index (χ1) is 16.4. The highest BCUT2D eigenvalue weighted by Gasteiger charge is 2.37. The molecule has 0 spiro atoms. The van der Waals surface area contributed by atoms with Gasteiger partial charge in [-0.25, -0.2) is 0 Å². The van der Waals surface area contributed by atoms with Gasteiger partial charge in [0.2, 0.25) is 0 Å². The largest absolute Gasteiger partial charge is 0.508 e. The summed E-state index contributed by atoms with van der Waals surface area (Å²) in [7, 11) is 5.37. The van der Waals surface area contributed by atoms with Gasteiger partial charge in [0.1, 0.15) is 5.75 Å². The molecule has 3 rings (SSSR count). The molecule has 0 aliphatic heterocycles. The molecular formula is C28H34ClNO4. The van der Waals surface area contributed by atoms with Crippen molar-refractivity contribution in [2.45, 2.75) is 24.7 Å². The smallest absolute Gasteiger partial charge is 0.160 e. The van der Waals surface area contributed by atoms with E-state index in [1.54, 1.807) is 26.4 Å². The maximum Gasteiger partial charge on any atom is 0.160 e. The molecule has 182 valence electrons. The lowest BCUT2D eigenvalue weighted by Gasteiger charge is -2.35. The van der Waals surface area contributed by atoms with Crippen LogP contribution in [0.2, 0.25) is 5.02 Å². The van der Waals surface area contributed by atoms with Crippen molar-refractivity contribution in [3.8, 4) is 17.2 Å². The van der Waals surface area contributed by atoms with E-state index in [0.29, 0.717) is 17.0 Å². The Morgan fingerprint density at radius 3 is 2.21 bits per heavy atom. The molecule has 0 radical (unpaired) electrons. The van der Waals surface area contributed by atoms with Gasteiger partial charge in [0.05, 0.1) is 20.8 Å². The van der Waals surface area contributed by atoms with Gasteiger partial charge < -0.3 is 24.6 Å². The lowest BCUT2D eigenvalue weighted by atomic mass is 9.71. The first-order valence-corrected chi connectivity index (χ1v) is 11.9. The van der Waals surface area contributed by atoms with Crippen LogP contribution >= 0.6 is 11.6 Å². The third-order valence-corrected chi connectivity index (χ3v) is 6.78. The molecule has 5 nitrogen and oxygen atoms in total. The first kappa shape index (κ1) is 25.9. The van der Waals surface area contributed by atoms with Gasteiger partial charge in [-0.3, -0.25) is 0 Å². The molecule has 1 unspecified atom stereocenters. The van der Waals surface area contributed by atoms with Crippen LogP contribution in [0.25, 0.3) is 0 Å². The highest BCUT2D eigenvalue weighted by molar-refractivity contribution is 6.31. The molecule has 0 fully saturated rings. The minimum atomic E-state index is -0.784. The molecule has 0 bridgehead atoms. The number of phenols is 1. The van der Waals surface area contributed by atoms with Crippen LogP contribution in [-0.2, 0) is 11.8 Å². The van der Waals surface area contributed by atoms with Gasteiger partial charge in [0.25, 0.3) is 0 Å². The average molecular weight is 484 g/mol. The normalized spacial score (nSPS) is 13.0. The number of hydrogen-bond donors (Lipinski definition) is 2. The Kier molecular flexibility index (Phi) is 9.22. The predicted molar refractivity (Wildman–Crippen MR) is 137 cm³/mol. The van der Waals surface area contributed by atoms with E-state index in [-0.39, 0.29) is 12.4 Å². The predicted octanol–water partition coefficient (Wildman–Crippen LogP) is 5.30. The number of nitrogens with zero attached hydrogens (tertiary/aromatic N) is 1. The van der Waals surface area contributed by atoms with Crippen molar-refractivity contribution in [3.63, 3.8) is 0 Å². The summed E-state index contributed by atoms with van der Waals surface area (Å²) in [4.78, 5) is 2.27. The van der Waals surface area contributed by atoms with Gasteiger partial charge in [-0.15, -0.1) is 0 Å². The Morgan fingerprint density at radius 2 is 1.56 bits per heavy atom. The Labute approximate surface area is 207 Å². The van der Waals surface area contributed by atoms with E-state index < -0.39 is 5.41 Å². The number of hydrogen-bond acceptors (Lipinski definition) is 5. The number of aliphatic hydroxyl groups is 1. The highest BCUT2D eigenvalue weighted by Crippen LogP contribution is 2.43. The number of aliphatic hydroxyl groups excluding tert-OH is 1. The number of phenolic OH excluding ortho intramolecular Hbond substituents is 1. The SMILES string of the molecule is COc1ccc(CCN(C)CCCC(CO)(c2ccccc2O)c2ccccc2Cl)cc1OC. The minimum absolute atomic E-state index is 0.149. The van der Waals surface area contributed by atoms with Gasteiger partial charge in [-0.1, -0.05) is 54.1 Å². The first-order valence-electron chi connectivity index (χ1n) is 11.5. The maximum atomic E-state index is 10.6. The quantitative estimate of drug-likeness (QED) is 0.366. The second-order valence-corrected chi connectivity index (χ2v) is 8.99. The number of aromatic hydroxyl groups is 1. The minimum Gasteiger partial charge on any atom is -0.508 e. The summed E-state index contributed by atoms with van der Waals surface area (Å²) in [5.74, 6) is 1.62. The molecule has 34 heavy (non-hydrogen) atoms. The van der Waals surface area contributed by atoms with E-state index in [9.17, 15) is 10.2 Å². The molecule has 0 aromatic heterocycles. The molecule has 6 heteroatoms. The van der Waals surface area contributed by atoms with Gasteiger partial charge in [-0.05, 0) is 68.2 Å². The van der Waals surface area contributed by atoms with Crippen LogP contribution in [0, 0.1) is 0 Å². The number of likely N-dealkylation sites (N-methyl/N-ethyl adjacent to an activating group) is 1. The fourth-order valence-corrected chi connectivity index (χ4v) is 4.83. The average Bonchev–Trinajstić information content (AvgIpc) is 2.86. The van der Waals surface area contributed by atoms with Crippen LogP contribution in [0.1, 0.15) is 29.5 Å². The Balaban J connectivity index is 1.70. The van der Waals surface area contributed by atoms with Gasteiger partial charge in [0.15, 0.2) is 11.5 Å². The fourth-order valence-electron chi connectivity index (χ4n) is 4.51. The number of para-hydroxylation sites is 1. The van der Waals surface area contributed by atoms with E-state index in [2.05, 4.69) is 18.0 Å². The lowest BCUT2D eigenvalue weighted by molar-refractivity contribution is 0.199. The molecule has 0 saturated heterocycles. The Bertz CT molecular complexity index is 1030. The molecular weight excluding hydrogens is 450 g/mol. The number of ether oxygens (including phenoxy) is 2. The number of methoxy groups -OCH3 is 2. The zero-order valence-electron chi connectivity index (χ0n) is 20.1. The summed E-state index contributed by atoms with van der Waals surface area (Å²) in [6, 6.07) is 20.8. The van der Waals surface area contributed by atoms with Crippen molar-refractivity contribution in [3.05, 3.63) is 88.4 Å². The Hall–Kier alpha value is -2.73. The topological polar surface area (TPSA) is 62.2 Å². The Morgan fingerprint density at radius 1 is 0.882 bits per heavy atom. The number of rotatable bonds is 12.